The first-order valence-electron chi connectivity index (χ1n) is 6.70. The van der Waals surface area contributed by atoms with Crippen molar-refractivity contribution < 1.29 is 9.47 Å². The lowest BCUT2D eigenvalue weighted by molar-refractivity contribution is -0.584. The lowest BCUT2D eigenvalue weighted by atomic mass is 10.1. The number of fused-ring (bicyclic) bond motifs is 1. The van der Waals surface area contributed by atoms with E-state index in [9.17, 15) is 5.21 Å². The summed E-state index contributed by atoms with van der Waals surface area (Å²) in [5.41, 5.74) is 10.2. The second-order valence-electron chi connectivity index (χ2n) is 4.94. The van der Waals surface area contributed by atoms with E-state index in [1.807, 2.05) is 30.3 Å². The van der Waals surface area contributed by atoms with Crippen LogP contribution in [0.25, 0.3) is 10.9 Å². The summed E-state index contributed by atoms with van der Waals surface area (Å²) in [6.45, 7) is 2.18. The van der Waals surface area contributed by atoms with Gasteiger partial charge in [0.1, 0.15) is 12.4 Å². The number of benzene rings is 2. The standard InChI is InChI=1S/C17H15N2O2/c1-12-10-13(11-21-15-8-6-14(18)7-9-15)16-4-2-3-5-17(16)19(12)20/h2-10,18H,11H2,1H3. The maximum atomic E-state index is 12.0. The van der Waals surface area contributed by atoms with Gasteiger partial charge in [0.2, 0.25) is 5.52 Å². The molecule has 1 aromatic heterocycles. The van der Waals surface area contributed by atoms with Gasteiger partial charge in [-0.15, -0.1) is 0 Å². The molecule has 3 rings (SSSR count). The quantitative estimate of drug-likeness (QED) is 0.545. The van der Waals surface area contributed by atoms with Crippen LogP contribution in [0, 0.1) is 12.1 Å². The van der Waals surface area contributed by atoms with E-state index >= 15 is 0 Å². The second-order valence-corrected chi connectivity index (χ2v) is 4.94. The summed E-state index contributed by atoms with van der Waals surface area (Å²) >= 11 is 0. The first-order valence-corrected chi connectivity index (χ1v) is 6.70. The van der Waals surface area contributed by atoms with Gasteiger partial charge in [-0.25, -0.2) is 0 Å². The van der Waals surface area contributed by atoms with Crippen LogP contribution in [0.3, 0.4) is 0 Å². The monoisotopic (exact) mass is 279 g/mol. The van der Waals surface area contributed by atoms with Crippen LogP contribution < -0.4 is 15.2 Å². The molecular formula is C17H15N2O2. The summed E-state index contributed by atoms with van der Waals surface area (Å²) < 4.78 is 6.69. The van der Waals surface area contributed by atoms with Crippen molar-refractivity contribution in [3.05, 3.63) is 71.1 Å². The molecule has 0 saturated carbocycles. The van der Waals surface area contributed by atoms with Crippen molar-refractivity contribution in [2.75, 3.05) is 0 Å². The fourth-order valence-corrected chi connectivity index (χ4v) is 2.33. The van der Waals surface area contributed by atoms with Crippen LogP contribution in [0.4, 0.5) is 5.69 Å². The van der Waals surface area contributed by atoms with Crippen LogP contribution in [0.5, 0.6) is 5.75 Å². The zero-order valence-electron chi connectivity index (χ0n) is 11.7. The Hall–Kier alpha value is -2.75. The Balaban J connectivity index is 1.93. The molecule has 21 heavy (non-hydrogen) atoms. The third-order valence-corrected chi connectivity index (χ3v) is 3.42. The van der Waals surface area contributed by atoms with Gasteiger partial charge in [-0.3, -0.25) is 0 Å². The number of nitrogens with zero attached hydrogens (tertiary/aromatic N) is 1. The number of hydrogen-bond donors (Lipinski definition) is 0. The Bertz CT molecular complexity index is 783. The first kappa shape index (κ1) is 13.2. The smallest absolute Gasteiger partial charge is 0.224 e. The molecule has 4 nitrogen and oxygen atoms in total. The molecule has 0 aliphatic rings. The molecule has 1 heterocycles. The van der Waals surface area contributed by atoms with Gasteiger partial charge in [-0.2, -0.15) is 4.73 Å². The normalized spacial score (nSPS) is 10.7. The largest absolute Gasteiger partial charge is 0.618 e. The van der Waals surface area contributed by atoms with Crippen molar-refractivity contribution in [3.8, 4) is 5.75 Å². The van der Waals surface area contributed by atoms with Gasteiger partial charge in [0.05, 0.1) is 11.1 Å². The minimum Gasteiger partial charge on any atom is -0.618 e. The highest BCUT2D eigenvalue weighted by molar-refractivity contribution is 5.79. The van der Waals surface area contributed by atoms with Crippen LogP contribution in [0.2, 0.25) is 0 Å². The second kappa shape index (κ2) is 5.32. The van der Waals surface area contributed by atoms with Crippen LogP contribution in [0.1, 0.15) is 11.3 Å². The number of aryl methyl sites for hydroxylation is 1. The maximum absolute atomic E-state index is 12.0. The fourth-order valence-electron chi connectivity index (χ4n) is 2.33. The van der Waals surface area contributed by atoms with E-state index in [-0.39, 0.29) is 0 Å². The van der Waals surface area contributed by atoms with Crippen LogP contribution in [0.15, 0.2) is 54.6 Å². The molecule has 0 aliphatic carbocycles. The number of rotatable bonds is 3. The zero-order valence-corrected chi connectivity index (χ0v) is 11.7. The summed E-state index contributed by atoms with van der Waals surface area (Å²) in [5, 5.41) is 12.9. The summed E-state index contributed by atoms with van der Waals surface area (Å²) in [6, 6.07) is 16.3. The molecule has 0 amide bonds. The molecular weight excluding hydrogens is 264 g/mol. The average molecular weight is 279 g/mol. The summed E-state index contributed by atoms with van der Waals surface area (Å²) in [4.78, 5) is 0. The molecule has 0 spiro atoms. The fraction of sp³-hybridized carbons (Fsp3) is 0.118. The highest BCUT2D eigenvalue weighted by Gasteiger charge is 2.12. The molecule has 0 unspecified atom stereocenters. The molecule has 105 valence electrons. The summed E-state index contributed by atoms with van der Waals surface area (Å²) in [6.07, 6.45) is 0. The van der Waals surface area contributed by atoms with Crippen molar-refractivity contribution in [1.82, 2.24) is 5.73 Å². The third kappa shape index (κ3) is 2.60. The molecule has 1 N–H and O–H groups in total. The van der Waals surface area contributed by atoms with E-state index in [0.29, 0.717) is 29.3 Å². The Morgan fingerprint density at radius 2 is 1.81 bits per heavy atom. The van der Waals surface area contributed by atoms with Crippen molar-refractivity contribution >= 4 is 16.6 Å². The number of pyridine rings is 1. The summed E-state index contributed by atoms with van der Waals surface area (Å²) in [7, 11) is 0. The van der Waals surface area contributed by atoms with Gasteiger partial charge >= 0.3 is 0 Å². The number of para-hydroxylation sites is 1. The van der Waals surface area contributed by atoms with Crippen LogP contribution in [-0.2, 0) is 6.61 Å². The lowest BCUT2D eigenvalue weighted by Gasteiger charge is -2.11. The molecule has 3 aromatic rings. The Morgan fingerprint density at radius 1 is 1.10 bits per heavy atom. The predicted molar refractivity (Wildman–Crippen MR) is 81.2 cm³/mol. The number of hydrogen-bond acceptors (Lipinski definition) is 2. The molecule has 0 bridgehead atoms. The average Bonchev–Trinajstić information content (AvgIpc) is 2.51. The Labute approximate surface area is 123 Å². The molecule has 0 aliphatic heterocycles. The third-order valence-electron chi connectivity index (χ3n) is 3.42. The Morgan fingerprint density at radius 3 is 2.57 bits per heavy atom. The van der Waals surface area contributed by atoms with Gasteiger partial charge in [0, 0.05) is 24.6 Å². The van der Waals surface area contributed by atoms with Crippen molar-refractivity contribution in [1.29, 1.82) is 0 Å². The summed E-state index contributed by atoms with van der Waals surface area (Å²) in [5.74, 6) is 0.714. The molecule has 0 saturated heterocycles. The maximum Gasteiger partial charge on any atom is 0.224 e. The minimum absolute atomic E-state index is 0.388. The molecule has 1 radical (unpaired) electrons. The lowest BCUT2D eigenvalue weighted by Crippen LogP contribution is -2.31. The van der Waals surface area contributed by atoms with Gasteiger partial charge < -0.3 is 15.7 Å². The zero-order chi connectivity index (χ0) is 14.8. The highest BCUT2D eigenvalue weighted by Crippen LogP contribution is 2.20. The SMILES string of the molecule is Cc1cc(COc2ccc([NH])cc2)c2ccccc2[n+]1[O-]. The number of nitrogens with one attached hydrogen (secondary N) is 1. The van der Waals surface area contributed by atoms with E-state index in [1.165, 1.54) is 0 Å². The Kier molecular flexibility index (Phi) is 3.36. The van der Waals surface area contributed by atoms with Gasteiger partial charge in [-0.05, 0) is 30.3 Å². The topological polar surface area (TPSA) is 60.0 Å². The minimum atomic E-state index is 0.388. The van der Waals surface area contributed by atoms with Crippen LogP contribution in [-0.4, -0.2) is 0 Å². The van der Waals surface area contributed by atoms with E-state index in [4.69, 9.17) is 10.5 Å². The van der Waals surface area contributed by atoms with E-state index < -0.39 is 0 Å². The van der Waals surface area contributed by atoms with E-state index in [2.05, 4.69) is 0 Å². The van der Waals surface area contributed by atoms with Crippen molar-refractivity contribution in [2.45, 2.75) is 13.5 Å². The molecule has 0 fully saturated rings. The molecule has 2 aromatic carbocycles. The van der Waals surface area contributed by atoms with Gasteiger partial charge in [0.25, 0.3) is 0 Å². The van der Waals surface area contributed by atoms with E-state index in [0.717, 1.165) is 15.7 Å². The molecule has 4 heteroatoms. The highest BCUT2D eigenvalue weighted by atomic mass is 16.5. The van der Waals surface area contributed by atoms with Gasteiger partial charge in [-0.1, -0.05) is 12.1 Å². The number of ether oxygens (including phenoxy) is 1. The van der Waals surface area contributed by atoms with E-state index in [1.54, 1.807) is 31.2 Å². The molecule has 0 atom stereocenters. The first-order chi connectivity index (χ1) is 10.1. The number of aromatic nitrogens is 1. The van der Waals surface area contributed by atoms with Crippen molar-refractivity contribution in [2.24, 2.45) is 0 Å². The van der Waals surface area contributed by atoms with Gasteiger partial charge in [0.15, 0.2) is 5.69 Å². The van der Waals surface area contributed by atoms with Crippen LogP contribution >= 0.6 is 0 Å². The van der Waals surface area contributed by atoms with Crippen molar-refractivity contribution in [3.63, 3.8) is 0 Å². The predicted octanol–water partition coefficient (Wildman–Crippen LogP) is 3.28.